The Morgan fingerprint density at radius 1 is 0.974 bits per heavy atom. The van der Waals surface area contributed by atoms with Crippen molar-refractivity contribution >= 4 is 46.4 Å². The molecule has 39 heavy (non-hydrogen) atoms. The predicted octanol–water partition coefficient (Wildman–Crippen LogP) is 8.73. The van der Waals surface area contributed by atoms with E-state index in [2.05, 4.69) is 35.2 Å². The fourth-order valence-corrected chi connectivity index (χ4v) is 6.09. The topological polar surface area (TPSA) is 40.5 Å². The number of benzene rings is 3. The second kappa shape index (κ2) is 12.0. The molecule has 1 fully saturated rings. The number of carboxylic acids is 1. The highest BCUT2D eigenvalue weighted by Crippen LogP contribution is 2.42. The smallest absolute Gasteiger partial charge is 0.335 e. The molecule has 1 saturated heterocycles. The third kappa shape index (κ3) is 6.43. The van der Waals surface area contributed by atoms with Crippen LogP contribution < -0.4 is 0 Å². The highest BCUT2D eigenvalue weighted by molar-refractivity contribution is 6.36. The average Bonchev–Trinajstić information content (AvgIpc) is 3.26. The van der Waals surface area contributed by atoms with Gasteiger partial charge in [0.05, 0.1) is 5.56 Å². The first-order chi connectivity index (χ1) is 18.8. The highest BCUT2D eigenvalue weighted by atomic mass is 35.5. The van der Waals surface area contributed by atoms with E-state index in [1.165, 1.54) is 5.57 Å². The van der Waals surface area contributed by atoms with E-state index in [0.29, 0.717) is 16.6 Å². The van der Waals surface area contributed by atoms with Crippen molar-refractivity contribution in [2.45, 2.75) is 38.5 Å². The number of rotatable bonds is 7. The molecular weight excluding hydrogens is 539 g/mol. The Kier molecular flexibility index (Phi) is 8.51. The maximum absolute atomic E-state index is 12.6. The van der Waals surface area contributed by atoms with Crippen LogP contribution in [0.25, 0.3) is 17.2 Å². The molecule has 7 heteroatoms. The molecule has 0 amide bonds. The van der Waals surface area contributed by atoms with Gasteiger partial charge < -0.3 is 5.11 Å². The number of aromatic carboxylic acids is 1. The molecular formula is C32H29Cl2F2NO2. The number of hydrogen-bond donors (Lipinski definition) is 1. The molecule has 0 radical (unpaired) electrons. The van der Waals surface area contributed by atoms with Gasteiger partial charge in [-0.15, -0.1) is 0 Å². The first-order valence-corrected chi connectivity index (χ1v) is 13.9. The monoisotopic (exact) mass is 567 g/mol. The number of hydrogen-bond acceptors (Lipinski definition) is 2. The zero-order valence-corrected chi connectivity index (χ0v) is 22.9. The molecule has 3 nitrogen and oxygen atoms in total. The SMILES string of the molecule is O=C(O)c1ccc2c(c1)CCCC(c1ccc(Cl)cc1Cl)=C2c1ccc(/C=C2/CCN(CCC(F)F)C2)cc1. The average molecular weight is 568 g/mol. The van der Waals surface area contributed by atoms with E-state index in [9.17, 15) is 18.7 Å². The summed E-state index contributed by atoms with van der Waals surface area (Å²) in [4.78, 5) is 13.7. The minimum Gasteiger partial charge on any atom is -0.478 e. The van der Waals surface area contributed by atoms with Gasteiger partial charge in [0, 0.05) is 36.1 Å². The Morgan fingerprint density at radius 3 is 2.46 bits per heavy atom. The van der Waals surface area contributed by atoms with E-state index in [0.717, 1.165) is 77.7 Å². The summed E-state index contributed by atoms with van der Waals surface area (Å²) in [5, 5.41) is 10.7. The van der Waals surface area contributed by atoms with Crippen LogP contribution >= 0.6 is 23.2 Å². The van der Waals surface area contributed by atoms with Crippen LogP contribution in [0.2, 0.25) is 10.0 Å². The van der Waals surface area contributed by atoms with E-state index in [-0.39, 0.29) is 12.0 Å². The van der Waals surface area contributed by atoms with Gasteiger partial charge in [-0.05, 0) is 88.9 Å². The standard InChI is InChI=1S/C32H29Cl2F2NO2/c33-25-9-11-27(29(34)18-25)28-3-1-2-23-17-24(32(38)39)8-10-26(23)31(28)22-6-4-20(5-7-22)16-21-12-14-37(19-21)15-13-30(35)36/h4-11,16-18,30H,1-3,12-15,19H2,(H,38,39)/b21-16-. The summed E-state index contributed by atoms with van der Waals surface area (Å²) in [6.07, 6.45) is 3.09. The molecule has 0 spiro atoms. The van der Waals surface area contributed by atoms with Crippen LogP contribution in [-0.2, 0) is 6.42 Å². The van der Waals surface area contributed by atoms with Crippen molar-refractivity contribution in [2.24, 2.45) is 0 Å². The third-order valence-corrected chi connectivity index (χ3v) is 8.01. The second-order valence-corrected chi connectivity index (χ2v) is 11.0. The fourth-order valence-electron chi connectivity index (χ4n) is 5.57. The molecule has 0 unspecified atom stereocenters. The minimum atomic E-state index is -2.27. The number of likely N-dealkylation sites (tertiary alicyclic amines) is 1. The number of nitrogens with zero attached hydrogens (tertiary/aromatic N) is 1. The predicted molar refractivity (Wildman–Crippen MR) is 155 cm³/mol. The first kappa shape index (κ1) is 27.6. The van der Waals surface area contributed by atoms with Gasteiger partial charge in [0.15, 0.2) is 0 Å². The lowest BCUT2D eigenvalue weighted by molar-refractivity contribution is 0.0696. The van der Waals surface area contributed by atoms with Crippen LogP contribution in [0.1, 0.15) is 63.9 Å². The van der Waals surface area contributed by atoms with Crippen LogP contribution in [-0.4, -0.2) is 42.0 Å². The number of halogens is 4. The largest absolute Gasteiger partial charge is 0.478 e. The van der Waals surface area contributed by atoms with Gasteiger partial charge in [0.2, 0.25) is 6.43 Å². The number of alkyl halides is 2. The Balaban J connectivity index is 1.53. The fraction of sp³-hybridized carbons (Fsp3) is 0.281. The summed E-state index contributed by atoms with van der Waals surface area (Å²) in [7, 11) is 0. The summed E-state index contributed by atoms with van der Waals surface area (Å²) in [5.41, 5.74) is 8.69. The van der Waals surface area contributed by atoms with Crippen molar-refractivity contribution in [1.82, 2.24) is 4.90 Å². The van der Waals surface area contributed by atoms with Gasteiger partial charge in [-0.25, -0.2) is 13.6 Å². The summed E-state index contributed by atoms with van der Waals surface area (Å²) in [5.74, 6) is -0.939. The molecule has 3 aromatic rings. The van der Waals surface area contributed by atoms with Crippen molar-refractivity contribution in [2.75, 3.05) is 19.6 Å². The number of fused-ring (bicyclic) bond motifs is 1. The van der Waals surface area contributed by atoms with Crippen LogP contribution in [0, 0.1) is 0 Å². The Hall–Kier alpha value is -2.99. The maximum Gasteiger partial charge on any atom is 0.335 e. The van der Waals surface area contributed by atoms with Gasteiger partial charge in [-0.1, -0.05) is 71.2 Å². The quantitative estimate of drug-likeness (QED) is 0.310. The lowest BCUT2D eigenvalue weighted by atomic mass is 9.87. The lowest BCUT2D eigenvalue weighted by Crippen LogP contribution is -2.22. The molecule has 1 N–H and O–H groups in total. The number of carboxylic acid groups (broad SMARTS) is 1. The molecule has 3 aromatic carbocycles. The van der Waals surface area contributed by atoms with E-state index < -0.39 is 12.4 Å². The number of carbonyl (C=O) groups is 1. The van der Waals surface area contributed by atoms with Crippen LogP contribution in [0.4, 0.5) is 8.78 Å². The normalized spacial score (nSPS) is 17.1. The molecule has 5 rings (SSSR count). The molecule has 2 aliphatic rings. The molecule has 1 heterocycles. The molecule has 0 aromatic heterocycles. The maximum atomic E-state index is 12.6. The summed E-state index contributed by atoms with van der Waals surface area (Å²) in [6, 6.07) is 19.2. The van der Waals surface area contributed by atoms with Crippen molar-refractivity contribution in [3.63, 3.8) is 0 Å². The molecule has 0 bridgehead atoms. The number of aryl methyl sites for hydroxylation is 1. The Labute approximate surface area is 237 Å². The highest BCUT2D eigenvalue weighted by Gasteiger charge is 2.23. The Bertz CT molecular complexity index is 1450. The van der Waals surface area contributed by atoms with Gasteiger partial charge in [0.25, 0.3) is 0 Å². The van der Waals surface area contributed by atoms with Crippen molar-refractivity contribution in [3.05, 3.63) is 110 Å². The first-order valence-electron chi connectivity index (χ1n) is 13.1. The molecule has 0 atom stereocenters. The van der Waals surface area contributed by atoms with E-state index >= 15 is 0 Å². The van der Waals surface area contributed by atoms with Gasteiger partial charge in [-0.3, -0.25) is 4.90 Å². The zero-order chi connectivity index (χ0) is 27.5. The van der Waals surface area contributed by atoms with Crippen LogP contribution in [0.3, 0.4) is 0 Å². The second-order valence-electron chi connectivity index (χ2n) is 10.1. The molecule has 1 aliphatic carbocycles. The summed E-state index contributed by atoms with van der Waals surface area (Å²) >= 11 is 12.9. The molecule has 0 saturated carbocycles. The van der Waals surface area contributed by atoms with E-state index in [1.54, 1.807) is 18.2 Å². The zero-order valence-electron chi connectivity index (χ0n) is 21.4. The molecule has 1 aliphatic heterocycles. The van der Waals surface area contributed by atoms with Gasteiger partial charge >= 0.3 is 5.97 Å². The summed E-state index contributed by atoms with van der Waals surface area (Å²) < 4.78 is 25.2. The van der Waals surface area contributed by atoms with Gasteiger partial charge in [0.1, 0.15) is 0 Å². The Morgan fingerprint density at radius 2 is 1.74 bits per heavy atom. The van der Waals surface area contributed by atoms with Crippen LogP contribution in [0.5, 0.6) is 0 Å². The molecule has 202 valence electrons. The van der Waals surface area contributed by atoms with Crippen molar-refractivity contribution < 1.29 is 18.7 Å². The number of allylic oxidation sites excluding steroid dienone is 1. The third-order valence-electron chi connectivity index (χ3n) is 7.46. The van der Waals surface area contributed by atoms with E-state index in [4.69, 9.17) is 23.2 Å². The minimum absolute atomic E-state index is 0.0908. The lowest BCUT2D eigenvalue weighted by Gasteiger charge is -2.18. The van der Waals surface area contributed by atoms with E-state index in [1.807, 2.05) is 18.2 Å². The summed E-state index contributed by atoms with van der Waals surface area (Å²) in [6.45, 7) is 1.95. The van der Waals surface area contributed by atoms with Crippen molar-refractivity contribution in [3.8, 4) is 0 Å². The van der Waals surface area contributed by atoms with Gasteiger partial charge in [-0.2, -0.15) is 0 Å². The van der Waals surface area contributed by atoms with Crippen molar-refractivity contribution in [1.29, 1.82) is 0 Å². The van der Waals surface area contributed by atoms with Crippen LogP contribution in [0.15, 0.2) is 66.2 Å².